The highest BCUT2D eigenvalue weighted by Crippen LogP contribution is 2.29. The summed E-state index contributed by atoms with van der Waals surface area (Å²) in [7, 11) is -3.29. The van der Waals surface area contributed by atoms with Gasteiger partial charge in [0.15, 0.2) is 0 Å². The molecule has 0 saturated heterocycles. The lowest BCUT2D eigenvalue weighted by atomic mass is 9.91. The lowest BCUT2D eigenvalue weighted by molar-refractivity contribution is 0.409. The minimum atomic E-state index is -3.29. The highest BCUT2D eigenvalue weighted by molar-refractivity contribution is 7.92. The zero-order chi connectivity index (χ0) is 14.8. The first-order chi connectivity index (χ1) is 9.33. The van der Waals surface area contributed by atoms with Crippen molar-refractivity contribution >= 4 is 33.0 Å². The van der Waals surface area contributed by atoms with Crippen molar-refractivity contribution in [2.45, 2.75) is 37.8 Å². The summed E-state index contributed by atoms with van der Waals surface area (Å²) < 4.78 is 24.9. The Kier molecular flexibility index (Phi) is 4.78. The van der Waals surface area contributed by atoms with Gasteiger partial charge in [-0.15, -0.1) is 0 Å². The molecule has 1 saturated carbocycles. The first kappa shape index (κ1) is 15.4. The maximum absolute atomic E-state index is 11.2. The summed E-state index contributed by atoms with van der Waals surface area (Å²) >= 11 is 6.15. The van der Waals surface area contributed by atoms with Crippen molar-refractivity contribution in [2.24, 2.45) is 5.73 Å². The molecule has 4 N–H and O–H groups in total. The van der Waals surface area contributed by atoms with Gasteiger partial charge in [0.05, 0.1) is 22.7 Å². The molecule has 0 heterocycles. The summed E-state index contributed by atoms with van der Waals surface area (Å²) in [5.74, 6) is 0. The SMILES string of the molecule is CS(=O)(=O)Nc1ccc(Cl)c(NC2CCCC(N)C2)c1. The van der Waals surface area contributed by atoms with Crippen LogP contribution in [0.5, 0.6) is 0 Å². The Balaban J connectivity index is 2.12. The second-order valence-electron chi connectivity index (χ2n) is 5.34. The number of benzene rings is 1. The molecular weight excluding hydrogens is 298 g/mol. The Hall–Kier alpha value is -0.980. The van der Waals surface area contributed by atoms with E-state index in [0.29, 0.717) is 10.7 Å². The van der Waals surface area contributed by atoms with Crippen molar-refractivity contribution in [1.29, 1.82) is 0 Å². The zero-order valence-corrected chi connectivity index (χ0v) is 13.0. The number of anilines is 2. The number of nitrogens with two attached hydrogens (primary N) is 1. The summed E-state index contributed by atoms with van der Waals surface area (Å²) in [5.41, 5.74) is 7.20. The maximum atomic E-state index is 11.2. The average molecular weight is 318 g/mol. The van der Waals surface area contributed by atoms with Gasteiger partial charge < -0.3 is 11.1 Å². The van der Waals surface area contributed by atoms with Crippen molar-refractivity contribution < 1.29 is 8.42 Å². The monoisotopic (exact) mass is 317 g/mol. The van der Waals surface area contributed by atoms with Crippen LogP contribution in [0.4, 0.5) is 11.4 Å². The normalized spacial score (nSPS) is 23.4. The third-order valence-corrected chi connectivity index (χ3v) is 4.28. The molecule has 5 nitrogen and oxygen atoms in total. The van der Waals surface area contributed by atoms with Gasteiger partial charge in [-0.2, -0.15) is 0 Å². The van der Waals surface area contributed by atoms with Crippen LogP contribution < -0.4 is 15.8 Å². The number of halogens is 1. The molecule has 0 aromatic heterocycles. The molecule has 7 heteroatoms. The van der Waals surface area contributed by atoms with Gasteiger partial charge in [-0.1, -0.05) is 11.6 Å². The highest BCUT2D eigenvalue weighted by atomic mass is 35.5. The topological polar surface area (TPSA) is 84.2 Å². The van der Waals surface area contributed by atoms with Gasteiger partial charge >= 0.3 is 0 Å². The molecule has 2 rings (SSSR count). The molecule has 0 spiro atoms. The Bertz CT molecular complexity index is 577. The molecule has 1 aliphatic rings. The maximum Gasteiger partial charge on any atom is 0.229 e. The molecule has 0 amide bonds. The van der Waals surface area contributed by atoms with Gasteiger partial charge in [-0.05, 0) is 43.9 Å². The molecule has 1 fully saturated rings. The first-order valence-electron chi connectivity index (χ1n) is 6.63. The number of hydrogen-bond acceptors (Lipinski definition) is 4. The molecule has 0 radical (unpaired) electrons. The molecule has 2 atom stereocenters. The predicted molar refractivity (Wildman–Crippen MR) is 83.8 cm³/mol. The number of rotatable bonds is 4. The van der Waals surface area contributed by atoms with Crippen LogP contribution >= 0.6 is 11.6 Å². The number of sulfonamides is 1. The van der Waals surface area contributed by atoms with E-state index in [9.17, 15) is 8.42 Å². The summed E-state index contributed by atoms with van der Waals surface area (Å²) in [6, 6.07) is 5.53. The van der Waals surface area contributed by atoms with E-state index in [1.54, 1.807) is 18.2 Å². The number of hydrogen-bond donors (Lipinski definition) is 3. The Morgan fingerprint density at radius 2 is 2.10 bits per heavy atom. The molecule has 1 aliphatic carbocycles. The summed E-state index contributed by atoms with van der Waals surface area (Å²) in [6.07, 6.45) is 5.22. The van der Waals surface area contributed by atoms with E-state index >= 15 is 0 Å². The van der Waals surface area contributed by atoms with E-state index in [0.717, 1.165) is 37.6 Å². The molecule has 1 aromatic carbocycles. The van der Waals surface area contributed by atoms with Crippen LogP contribution in [0, 0.1) is 0 Å². The van der Waals surface area contributed by atoms with Gasteiger partial charge in [0, 0.05) is 12.1 Å². The summed E-state index contributed by atoms with van der Waals surface area (Å²) in [5, 5.41) is 3.93. The number of nitrogens with one attached hydrogen (secondary N) is 2. The molecule has 1 aromatic rings. The zero-order valence-electron chi connectivity index (χ0n) is 11.4. The fourth-order valence-electron chi connectivity index (χ4n) is 2.49. The average Bonchev–Trinajstić information content (AvgIpc) is 2.32. The molecular formula is C13H20ClN3O2S. The first-order valence-corrected chi connectivity index (χ1v) is 8.90. The Labute approximate surface area is 124 Å². The van der Waals surface area contributed by atoms with Gasteiger partial charge in [-0.3, -0.25) is 4.72 Å². The van der Waals surface area contributed by atoms with Crippen LogP contribution in [0.2, 0.25) is 5.02 Å². The van der Waals surface area contributed by atoms with Crippen molar-refractivity contribution in [3.05, 3.63) is 23.2 Å². The second kappa shape index (κ2) is 6.20. The molecule has 20 heavy (non-hydrogen) atoms. The molecule has 0 aliphatic heterocycles. The van der Waals surface area contributed by atoms with Gasteiger partial charge in [0.1, 0.15) is 0 Å². The van der Waals surface area contributed by atoms with E-state index in [4.69, 9.17) is 17.3 Å². The van der Waals surface area contributed by atoms with Crippen LogP contribution in [0.1, 0.15) is 25.7 Å². The van der Waals surface area contributed by atoms with Gasteiger partial charge in [0.25, 0.3) is 0 Å². The van der Waals surface area contributed by atoms with Crippen molar-refractivity contribution in [3.63, 3.8) is 0 Å². The lowest BCUT2D eigenvalue weighted by Crippen LogP contribution is -2.34. The highest BCUT2D eigenvalue weighted by Gasteiger charge is 2.19. The largest absolute Gasteiger partial charge is 0.381 e. The van der Waals surface area contributed by atoms with E-state index < -0.39 is 10.0 Å². The standard InChI is InChI=1S/C13H20ClN3O2S/c1-20(18,19)17-11-5-6-12(14)13(8-11)16-10-4-2-3-9(15)7-10/h5-6,8-10,16-17H,2-4,7,15H2,1H3. The third kappa shape index (κ3) is 4.54. The summed E-state index contributed by atoms with van der Waals surface area (Å²) in [4.78, 5) is 0. The van der Waals surface area contributed by atoms with Gasteiger partial charge in [0.2, 0.25) is 10.0 Å². The smallest absolute Gasteiger partial charge is 0.229 e. The predicted octanol–water partition coefficient (Wildman–Crippen LogP) is 2.39. The summed E-state index contributed by atoms with van der Waals surface area (Å²) in [6.45, 7) is 0. The molecule has 2 unspecified atom stereocenters. The van der Waals surface area contributed by atoms with Crippen molar-refractivity contribution in [3.8, 4) is 0 Å². The van der Waals surface area contributed by atoms with Crippen LogP contribution in [-0.4, -0.2) is 26.8 Å². The molecule has 0 bridgehead atoms. The van der Waals surface area contributed by atoms with E-state index in [2.05, 4.69) is 10.0 Å². The second-order valence-corrected chi connectivity index (χ2v) is 7.49. The minimum absolute atomic E-state index is 0.220. The fourth-order valence-corrected chi connectivity index (χ4v) is 3.22. The van der Waals surface area contributed by atoms with Crippen molar-refractivity contribution in [2.75, 3.05) is 16.3 Å². The minimum Gasteiger partial charge on any atom is -0.381 e. The van der Waals surface area contributed by atoms with Gasteiger partial charge in [-0.25, -0.2) is 8.42 Å². The Morgan fingerprint density at radius 3 is 2.75 bits per heavy atom. The van der Waals surface area contributed by atoms with E-state index in [1.165, 1.54) is 0 Å². The lowest BCUT2D eigenvalue weighted by Gasteiger charge is -2.28. The third-order valence-electron chi connectivity index (χ3n) is 3.34. The van der Waals surface area contributed by atoms with Crippen molar-refractivity contribution in [1.82, 2.24) is 0 Å². The van der Waals surface area contributed by atoms with Crippen LogP contribution in [0.15, 0.2) is 18.2 Å². The van der Waals surface area contributed by atoms with E-state index in [1.807, 2.05) is 0 Å². The van der Waals surface area contributed by atoms with Crippen LogP contribution in [0.3, 0.4) is 0 Å². The van der Waals surface area contributed by atoms with Crippen LogP contribution in [-0.2, 0) is 10.0 Å². The Morgan fingerprint density at radius 1 is 1.35 bits per heavy atom. The van der Waals surface area contributed by atoms with Crippen LogP contribution in [0.25, 0.3) is 0 Å². The fraction of sp³-hybridized carbons (Fsp3) is 0.538. The quantitative estimate of drug-likeness (QED) is 0.796. The molecule has 112 valence electrons. The van der Waals surface area contributed by atoms with E-state index in [-0.39, 0.29) is 12.1 Å².